The van der Waals surface area contributed by atoms with Crippen molar-refractivity contribution in [2.45, 2.75) is 70.6 Å². The van der Waals surface area contributed by atoms with E-state index in [2.05, 4.69) is 56.6 Å². The molecule has 0 saturated heterocycles. The van der Waals surface area contributed by atoms with Gasteiger partial charge in [0, 0.05) is 17.6 Å². The van der Waals surface area contributed by atoms with Crippen molar-refractivity contribution in [2.75, 3.05) is 0 Å². The Hall–Kier alpha value is -4.04. The number of hydrogen-bond acceptors (Lipinski definition) is 6. The van der Waals surface area contributed by atoms with Crippen molar-refractivity contribution in [1.82, 2.24) is 30.1 Å². The van der Waals surface area contributed by atoms with E-state index in [1.165, 1.54) is 12.0 Å². The van der Waals surface area contributed by atoms with Crippen LogP contribution in [0.25, 0.3) is 10.9 Å². The standard InChI is InChI=1S/C31H34N6O2/c1-2-22-15-16-28-24(18-22)19-27(31(38)32-28)29(30-33-34-35-37(30)25-12-7-4-8-13-25)36(21-26-14-9-17-39-26)20-23-10-5-3-6-11-23/h3,5-6,9-11,14-19,25,29H,2,4,7-8,12-13,20-21H2,1H3,(H,32,38)/t29-/m1/s1. The highest BCUT2D eigenvalue weighted by molar-refractivity contribution is 5.80. The number of nitrogens with one attached hydrogen (secondary N) is 1. The number of tetrazole rings is 1. The second-order valence-corrected chi connectivity index (χ2v) is 10.5. The Morgan fingerprint density at radius 1 is 1.00 bits per heavy atom. The molecule has 39 heavy (non-hydrogen) atoms. The number of aryl methyl sites for hydroxylation is 1. The van der Waals surface area contributed by atoms with Gasteiger partial charge in [0.2, 0.25) is 0 Å². The molecule has 0 radical (unpaired) electrons. The Labute approximate surface area is 227 Å². The first-order chi connectivity index (χ1) is 19.2. The van der Waals surface area contributed by atoms with Crippen LogP contribution in [0, 0.1) is 0 Å². The van der Waals surface area contributed by atoms with Crippen molar-refractivity contribution >= 4 is 10.9 Å². The molecule has 1 N–H and O–H groups in total. The van der Waals surface area contributed by atoms with Crippen LogP contribution in [-0.2, 0) is 19.5 Å². The van der Waals surface area contributed by atoms with E-state index in [1.807, 2.05) is 47.1 Å². The Kier molecular flexibility index (Phi) is 7.36. The highest BCUT2D eigenvalue weighted by atomic mass is 16.3. The minimum Gasteiger partial charge on any atom is -0.468 e. The largest absolute Gasteiger partial charge is 0.468 e. The van der Waals surface area contributed by atoms with Gasteiger partial charge < -0.3 is 9.40 Å². The van der Waals surface area contributed by atoms with E-state index in [4.69, 9.17) is 4.42 Å². The SMILES string of the molecule is CCc1ccc2[nH]c(=O)c([C@H](c3nnnn3C3CCCCC3)N(Cc3ccccc3)Cc3ccco3)cc2c1. The first-order valence-electron chi connectivity index (χ1n) is 13.9. The predicted octanol–water partition coefficient (Wildman–Crippen LogP) is 5.97. The molecule has 5 aromatic rings. The number of fused-ring (bicyclic) bond motifs is 1. The first kappa shape index (κ1) is 25.2. The van der Waals surface area contributed by atoms with E-state index in [-0.39, 0.29) is 11.6 Å². The predicted molar refractivity (Wildman–Crippen MR) is 150 cm³/mol. The Bertz CT molecular complexity index is 1570. The molecule has 2 aromatic carbocycles. The molecule has 1 atom stereocenters. The molecule has 1 saturated carbocycles. The summed E-state index contributed by atoms with van der Waals surface area (Å²) < 4.78 is 7.78. The zero-order chi connectivity index (χ0) is 26.6. The fourth-order valence-electron chi connectivity index (χ4n) is 5.82. The molecule has 6 rings (SSSR count). The number of benzene rings is 2. The molecule has 0 spiro atoms. The van der Waals surface area contributed by atoms with Crippen LogP contribution in [0.5, 0.6) is 0 Å². The third-order valence-corrected chi connectivity index (χ3v) is 7.86. The lowest BCUT2D eigenvalue weighted by Crippen LogP contribution is -2.35. The summed E-state index contributed by atoms with van der Waals surface area (Å²) in [5, 5.41) is 14.2. The van der Waals surface area contributed by atoms with E-state index in [0.29, 0.717) is 24.5 Å². The number of furan rings is 1. The lowest BCUT2D eigenvalue weighted by atomic mass is 9.95. The van der Waals surface area contributed by atoms with Crippen LogP contribution in [0.2, 0.25) is 0 Å². The van der Waals surface area contributed by atoms with Crippen LogP contribution in [0.3, 0.4) is 0 Å². The van der Waals surface area contributed by atoms with Crippen LogP contribution >= 0.6 is 0 Å². The highest BCUT2D eigenvalue weighted by Gasteiger charge is 2.33. The van der Waals surface area contributed by atoms with Gasteiger partial charge in [0.25, 0.3) is 5.56 Å². The molecule has 3 aromatic heterocycles. The minimum absolute atomic E-state index is 0.132. The molecule has 8 heteroatoms. The van der Waals surface area contributed by atoms with Crippen LogP contribution in [0.15, 0.2) is 82.2 Å². The quantitative estimate of drug-likeness (QED) is 0.256. The first-order valence-corrected chi connectivity index (χ1v) is 13.9. The van der Waals surface area contributed by atoms with Crippen molar-refractivity contribution in [3.05, 3.63) is 112 Å². The molecular weight excluding hydrogens is 488 g/mol. The Morgan fingerprint density at radius 2 is 1.85 bits per heavy atom. The Balaban J connectivity index is 1.53. The molecule has 200 valence electrons. The van der Waals surface area contributed by atoms with Gasteiger partial charge in [0.15, 0.2) is 5.82 Å². The van der Waals surface area contributed by atoms with Gasteiger partial charge in [-0.3, -0.25) is 9.69 Å². The van der Waals surface area contributed by atoms with Crippen LogP contribution in [0.1, 0.15) is 79.4 Å². The lowest BCUT2D eigenvalue weighted by molar-refractivity contribution is 0.173. The number of hydrogen-bond donors (Lipinski definition) is 1. The van der Waals surface area contributed by atoms with E-state index < -0.39 is 6.04 Å². The van der Waals surface area contributed by atoms with Crippen LogP contribution in [-0.4, -0.2) is 30.1 Å². The summed E-state index contributed by atoms with van der Waals surface area (Å²) in [5.74, 6) is 1.51. The van der Waals surface area contributed by atoms with Crippen molar-refractivity contribution in [3.63, 3.8) is 0 Å². The number of rotatable bonds is 9. The van der Waals surface area contributed by atoms with Gasteiger partial charge in [0.05, 0.1) is 18.8 Å². The molecule has 0 aliphatic heterocycles. The van der Waals surface area contributed by atoms with E-state index >= 15 is 0 Å². The number of aromatic amines is 1. The van der Waals surface area contributed by atoms with E-state index in [1.54, 1.807) is 6.26 Å². The number of H-pyrrole nitrogens is 1. The molecular formula is C31H34N6O2. The fraction of sp³-hybridized carbons (Fsp3) is 0.355. The van der Waals surface area contributed by atoms with E-state index in [0.717, 1.165) is 54.3 Å². The minimum atomic E-state index is -0.481. The zero-order valence-corrected chi connectivity index (χ0v) is 22.3. The topological polar surface area (TPSA) is 92.8 Å². The zero-order valence-electron chi connectivity index (χ0n) is 22.3. The van der Waals surface area contributed by atoms with Crippen LogP contribution in [0.4, 0.5) is 0 Å². The van der Waals surface area contributed by atoms with Gasteiger partial charge in [-0.05, 0) is 76.5 Å². The molecule has 0 bridgehead atoms. The molecule has 1 aliphatic rings. The second-order valence-electron chi connectivity index (χ2n) is 10.5. The average Bonchev–Trinajstić information content (AvgIpc) is 3.67. The van der Waals surface area contributed by atoms with Crippen molar-refractivity contribution in [3.8, 4) is 0 Å². The molecule has 1 fully saturated rings. The van der Waals surface area contributed by atoms with Crippen molar-refractivity contribution < 1.29 is 4.42 Å². The summed E-state index contributed by atoms with van der Waals surface area (Å²) in [6, 6.07) is 22.1. The van der Waals surface area contributed by atoms with Gasteiger partial charge in [-0.15, -0.1) is 5.10 Å². The van der Waals surface area contributed by atoms with Crippen LogP contribution < -0.4 is 5.56 Å². The van der Waals surface area contributed by atoms with Gasteiger partial charge in [-0.25, -0.2) is 4.68 Å². The lowest BCUT2D eigenvalue weighted by Gasteiger charge is -2.32. The summed E-state index contributed by atoms with van der Waals surface area (Å²) >= 11 is 0. The van der Waals surface area contributed by atoms with Crippen molar-refractivity contribution in [1.29, 1.82) is 0 Å². The molecule has 0 unspecified atom stereocenters. The molecule has 1 aliphatic carbocycles. The molecule has 0 amide bonds. The summed E-state index contributed by atoms with van der Waals surface area (Å²) in [5.41, 5.74) is 3.68. The maximum Gasteiger partial charge on any atom is 0.253 e. The number of nitrogens with zero attached hydrogens (tertiary/aromatic N) is 5. The number of aromatic nitrogens is 5. The maximum atomic E-state index is 13.8. The summed E-state index contributed by atoms with van der Waals surface area (Å²) in [6.45, 7) is 3.23. The molecule has 3 heterocycles. The van der Waals surface area contributed by atoms with Gasteiger partial charge in [-0.1, -0.05) is 62.6 Å². The normalized spacial score (nSPS) is 15.2. The summed E-state index contributed by atoms with van der Waals surface area (Å²) in [6.07, 6.45) is 8.24. The fourth-order valence-corrected chi connectivity index (χ4v) is 5.82. The maximum absolute atomic E-state index is 13.8. The second kappa shape index (κ2) is 11.4. The van der Waals surface area contributed by atoms with Gasteiger partial charge in [0.1, 0.15) is 11.8 Å². The monoisotopic (exact) mass is 522 g/mol. The summed E-state index contributed by atoms with van der Waals surface area (Å²) in [7, 11) is 0. The van der Waals surface area contributed by atoms with Crippen molar-refractivity contribution in [2.24, 2.45) is 0 Å². The third-order valence-electron chi connectivity index (χ3n) is 7.86. The third kappa shape index (κ3) is 5.43. The Morgan fingerprint density at radius 3 is 2.62 bits per heavy atom. The van der Waals surface area contributed by atoms with E-state index in [9.17, 15) is 4.79 Å². The summed E-state index contributed by atoms with van der Waals surface area (Å²) in [4.78, 5) is 19.2. The average molecular weight is 523 g/mol. The molecule has 8 nitrogen and oxygen atoms in total. The highest BCUT2D eigenvalue weighted by Crippen LogP contribution is 2.34. The van der Waals surface area contributed by atoms with Gasteiger partial charge in [-0.2, -0.15) is 0 Å². The number of pyridine rings is 1. The smallest absolute Gasteiger partial charge is 0.253 e. The van der Waals surface area contributed by atoms with Gasteiger partial charge >= 0.3 is 0 Å².